The quantitative estimate of drug-likeness (QED) is 0.768. The molecule has 0 radical (unpaired) electrons. The zero-order valence-electron chi connectivity index (χ0n) is 8.32. The van der Waals surface area contributed by atoms with E-state index in [0.717, 1.165) is 6.54 Å². The van der Waals surface area contributed by atoms with Crippen LogP contribution in [0.5, 0.6) is 0 Å². The average molecular weight is 184 g/mol. The monoisotopic (exact) mass is 184 g/mol. The van der Waals surface area contributed by atoms with Crippen LogP contribution in [0.3, 0.4) is 0 Å². The molecule has 1 heterocycles. The minimum absolute atomic E-state index is 0.0703. The summed E-state index contributed by atoms with van der Waals surface area (Å²) in [6, 6.07) is 0.941. The molecule has 0 aromatic carbocycles. The zero-order chi connectivity index (χ0) is 9.84. The first kappa shape index (κ1) is 10.1. The van der Waals surface area contributed by atoms with Crippen LogP contribution in [0.2, 0.25) is 0 Å². The lowest BCUT2D eigenvalue weighted by Crippen LogP contribution is -2.30. The molecule has 0 aliphatic carbocycles. The zero-order valence-corrected chi connectivity index (χ0v) is 8.32. The van der Waals surface area contributed by atoms with Crippen molar-refractivity contribution in [1.82, 2.24) is 4.98 Å². The molecular weight excluding hydrogens is 168 g/mol. The molecule has 1 N–H and O–H groups in total. The highest BCUT2D eigenvalue weighted by molar-refractivity contribution is 5.27. The number of hydrogen-bond acceptors (Lipinski definition) is 4. The molecule has 0 unspecified atom stereocenters. The Morgan fingerprint density at radius 2 is 2.31 bits per heavy atom. The van der Waals surface area contributed by atoms with Crippen molar-refractivity contribution >= 4 is 6.01 Å². The molecule has 0 aliphatic heterocycles. The summed E-state index contributed by atoms with van der Waals surface area (Å²) in [5, 5.41) is 8.80. The predicted molar refractivity (Wildman–Crippen MR) is 50.6 cm³/mol. The Bertz CT molecular complexity index is 258. The van der Waals surface area contributed by atoms with Gasteiger partial charge in [-0.3, -0.25) is 0 Å². The summed E-state index contributed by atoms with van der Waals surface area (Å²) >= 11 is 0. The van der Waals surface area contributed by atoms with Crippen LogP contribution in [0.4, 0.5) is 6.01 Å². The largest absolute Gasteiger partial charge is 0.432 e. The first-order valence-corrected chi connectivity index (χ1v) is 4.51. The van der Waals surface area contributed by atoms with Crippen molar-refractivity contribution in [2.75, 3.05) is 11.4 Å². The van der Waals surface area contributed by atoms with Gasteiger partial charge in [0.15, 0.2) is 0 Å². The first-order chi connectivity index (χ1) is 6.19. The number of oxazole rings is 1. The van der Waals surface area contributed by atoms with E-state index in [-0.39, 0.29) is 6.61 Å². The van der Waals surface area contributed by atoms with E-state index in [1.165, 1.54) is 6.26 Å². The first-order valence-electron chi connectivity index (χ1n) is 4.51. The Hall–Kier alpha value is -1.03. The molecule has 0 aliphatic rings. The number of hydrogen-bond donors (Lipinski definition) is 1. The topological polar surface area (TPSA) is 49.5 Å². The van der Waals surface area contributed by atoms with Gasteiger partial charge in [0.25, 0.3) is 6.01 Å². The second-order valence-corrected chi connectivity index (χ2v) is 3.16. The molecule has 1 aromatic rings. The molecule has 74 valence electrons. The van der Waals surface area contributed by atoms with Gasteiger partial charge in [-0.1, -0.05) is 0 Å². The summed E-state index contributed by atoms with van der Waals surface area (Å²) in [6.45, 7) is 6.98. The van der Waals surface area contributed by atoms with Gasteiger partial charge in [0.05, 0.1) is 6.61 Å². The van der Waals surface area contributed by atoms with Crippen molar-refractivity contribution in [2.45, 2.75) is 33.4 Å². The van der Waals surface area contributed by atoms with E-state index in [0.29, 0.717) is 17.8 Å². The van der Waals surface area contributed by atoms with Crippen molar-refractivity contribution in [3.63, 3.8) is 0 Å². The van der Waals surface area contributed by atoms with E-state index < -0.39 is 0 Å². The third-order valence-corrected chi connectivity index (χ3v) is 1.91. The predicted octanol–water partition coefficient (Wildman–Crippen LogP) is 1.40. The fourth-order valence-corrected chi connectivity index (χ4v) is 1.22. The fourth-order valence-electron chi connectivity index (χ4n) is 1.22. The van der Waals surface area contributed by atoms with Gasteiger partial charge in [-0.25, -0.2) is 0 Å². The molecule has 0 saturated carbocycles. The molecule has 13 heavy (non-hydrogen) atoms. The maximum atomic E-state index is 8.80. The molecule has 4 heteroatoms. The summed E-state index contributed by atoms with van der Waals surface area (Å²) in [5.41, 5.74) is 0.578. The van der Waals surface area contributed by atoms with Gasteiger partial charge in [0, 0.05) is 12.6 Å². The molecule has 0 amide bonds. The second-order valence-electron chi connectivity index (χ2n) is 3.16. The molecule has 0 saturated heterocycles. The van der Waals surface area contributed by atoms with E-state index in [1.807, 2.05) is 11.8 Å². The summed E-state index contributed by atoms with van der Waals surface area (Å²) < 4.78 is 5.22. The van der Waals surface area contributed by atoms with Crippen molar-refractivity contribution in [3.05, 3.63) is 12.0 Å². The van der Waals surface area contributed by atoms with Crippen LogP contribution >= 0.6 is 0 Å². The van der Waals surface area contributed by atoms with Gasteiger partial charge < -0.3 is 14.4 Å². The number of nitrogens with zero attached hydrogens (tertiary/aromatic N) is 2. The standard InChI is InChI=1S/C9H16N2O2/c1-4-11(7(2)3)9-10-8(5-12)6-13-9/h6-7,12H,4-5H2,1-3H3. The fraction of sp³-hybridized carbons (Fsp3) is 0.667. The number of anilines is 1. The van der Waals surface area contributed by atoms with Crippen molar-refractivity contribution < 1.29 is 9.52 Å². The normalized spacial score (nSPS) is 10.8. The van der Waals surface area contributed by atoms with E-state index >= 15 is 0 Å². The van der Waals surface area contributed by atoms with Crippen molar-refractivity contribution in [3.8, 4) is 0 Å². The Labute approximate surface area is 78.2 Å². The van der Waals surface area contributed by atoms with Gasteiger partial charge in [-0.2, -0.15) is 4.98 Å². The van der Waals surface area contributed by atoms with E-state index in [2.05, 4.69) is 18.8 Å². The van der Waals surface area contributed by atoms with Crippen molar-refractivity contribution in [2.24, 2.45) is 0 Å². The van der Waals surface area contributed by atoms with Gasteiger partial charge in [0.2, 0.25) is 0 Å². The molecule has 4 nitrogen and oxygen atoms in total. The van der Waals surface area contributed by atoms with Gasteiger partial charge in [0.1, 0.15) is 12.0 Å². The van der Waals surface area contributed by atoms with Crippen LogP contribution in [0.25, 0.3) is 0 Å². The van der Waals surface area contributed by atoms with Crippen LogP contribution in [0.15, 0.2) is 10.7 Å². The third kappa shape index (κ3) is 2.21. The van der Waals surface area contributed by atoms with Gasteiger partial charge in [-0.05, 0) is 20.8 Å². The summed E-state index contributed by atoms with van der Waals surface area (Å²) in [5.74, 6) is 0. The lowest BCUT2D eigenvalue weighted by molar-refractivity contribution is 0.276. The molecule has 0 bridgehead atoms. The SMILES string of the molecule is CCN(c1nc(CO)co1)C(C)C. The minimum atomic E-state index is -0.0703. The summed E-state index contributed by atoms with van der Waals surface area (Å²) in [4.78, 5) is 6.16. The molecule has 1 aromatic heterocycles. The van der Waals surface area contributed by atoms with E-state index in [4.69, 9.17) is 9.52 Å². The Morgan fingerprint density at radius 3 is 2.69 bits per heavy atom. The van der Waals surface area contributed by atoms with E-state index in [1.54, 1.807) is 0 Å². The average Bonchev–Trinajstić information content (AvgIpc) is 2.53. The number of aromatic nitrogens is 1. The summed E-state index contributed by atoms with van der Waals surface area (Å²) in [7, 11) is 0. The van der Waals surface area contributed by atoms with Crippen LogP contribution in [-0.4, -0.2) is 22.7 Å². The van der Waals surface area contributed by atoms with Crippen molar-refractivity contribution in [1.29, 1.82) is 0 Å². The molecule has 0 atom stereocenters. The Morgan fingerprint density at radius 1 is 1.62 bits per heavy atom. The molecule has 1 rings (SSSR count). The van der Waals surface area contributed by atoms with Crippen LogP contribution < -0.4 is 4.90 Å². The lowest BCUT2D eigenvalue weighted by Gasteiger charge is -2.22. The molecule has 0 fully saturated rings. The maximum Gasteiger partial charge on any atom is 0.297 e. The Kier molecular flexibility index (Phi) is 3.31. The molecular formula is C9H16N2O2. The van der Waals surface area contributed by atoms with Crippen LogP contribution in [-0.2, 0) is 6.61 Å². The highest BCUT2D eigenvalue weighted by Crippen LogP contribution is 2.15. The van der Waals surface area contributed by atoms with Crippen LogP contribution in [0, 0.1) is 0 Å². The lowest BCUT2D eigenvalue weighted by atomic mass is 10.3. The van der Waals surface area contributed by atoms with E-state index in [9.17, 15) is 0 Å². The summed E-state index contributed by atoms with van der Waals surface area (Å²) in [6.07, 6.45) is 1.49. The van der Waals surface area contributed by atoms with Gasteiger partial charge in [-0.15, -0.1) is 0 Å². The smallest absolute Gasteiger partial charge is 0.297 e. The second kappa shape index (κ2) is 4.28. The third-order valence-electron chi connectivity index (χ3n) is 1.91. The maximum absolute atomic E-state index is 8.80. The minimum Gasteiger partial charge on any atom is -0.432 e. The number of rotatable bonds is 4. The van der Waals surface area contributed by atoms with Gasteiger partial charge >= 0.3 is 0 Å². The molecule has 0 spiro atoms. The highest BCUT2D eigenvalue weighted by atomic mass is 16.4. The number of aliphatic hydroxyl groups excluding tert-OH is 1. The highest BCUT2D eigenvalue weighted by Gasteiger charge is 2.13. The Balaban J connectivity index is 2.79. The number of aliphatic hydroxyl groups is 1. The van der Waals surface area contributed by atoms with Crippen LogP contribution in [0.1, 0.15) is 26.5 Å².